The molecule has 2 atom stereocenters. The average molecular weight is 272 g/mol. The number of carbonyl (C=O) groups is 2. The molecular weight excluding hydrogens is 256 g/mol. The maximum absolute atomic E-state index is 11.9. The number of amides is 2. The van der Waals surface area contributed by atoms with Gasteiger partial charge in [-0.1, -0.05) is 0 Å². The predicted molar refractivity (Wildman–Crippen MR) is 70.8 cm³/mol. The van der Waals surface area contributed by atoms with E-state index < -0.39 is 6.17 Å². The number of hydrogen-bond donors (Lipinski definition) is 0. The molecule has 2 rings (SSSR count). The fourth-order valence-electron chi connectivity index (χ4n) is 2.64. The van der Waals surface area contributed by atoms with Gasteiger partial charge < -0.3 is 4.90 Å². The Morgan fingerprint density at radius 1 is 1.15 bits per heavy atom. The third kappa shape index (κ3) is 2.80. The van der Waals surface area contributed by atoms with Gasteiger partial charge in [-0.25, -0.2) is 6.57 Å². The van der Waals surface area contributed by atoms with Crippen LogP contribution in [0.5, 0.6) is 0 Å². The fourth-order valence-corrected chi connectivity index (χ4v) is 2.64. The number of hydrogen-bond acceptors (Lipinski definition) is 3. The average Bonchev–Trinajstić information content (AvgIpc) is 3.11. The molecule has 2 aliphatic heterocycles. The Balaban J connectivity index is 1.96. The molecule has 2 unspecified atom stereocenters. The minimum absolute atomic E-state index is 0.301. The Morgan fingerprint density at radius 3 is 2.40 bits per heavy atom. The van der Waals surface area contributed by atoms with Gasteiger partial charge in [0.25, 0.3) is 5.91 Å². The van der Waals surface area contributed by atoms with Crippen LogP contribution in [0.4, 0.5) is 0 Å². The zero-order valence-electron chi connectivity index (χ0n) is 11.2. The summed E-state index contributed by atoms with van der Waals surface area (Å²) < 4.78 is 0. The van der Waals surface area contributed by atoms with E-state index in [1.807, 2.05) is 0 Å². The van der Waals surface area contributed by atoms with Gasteiger partial charge in [-0.15, -0.1) is 0 Å². The molecule has 6 heteroatoms. The molecule has 0 aromatic heterocycles. The normalized spacial score (nSPS) is 25.7. The highest BCUT2D eigenvalue weighted by atomic mass is 16.2. The predicted octanol–water partition coefficient (Wildman–Crippen LogP) is 0.925. The fraction of sp³-hybridized carbons (Fsp3) is 0.571. The van der Waals surface area contributed by atoms with Crippen molar-refractivity contribution in [2.75, 3.05) is 13.1 Å². The zero-order valence-corrected chi connectivity index (χ0v) is 11.2. The van der Waals surface area contributed by atoms with Crippen LogP contribution in [0, 0.1) is 17.9 Å². The lowest BCUT2D eigenvalue weighted by Crippen LogP contribution is -2.34. The second kappa shape index (κ2) is 6.21. The zero-order chi connectivity index (χ0) is 14.5. The van der Waals surface area contributed by atoms with Gasteiger partial charge in [0.15, 0.2) is 0 Å². The second-order valence-electron chi connectivity index (χ2n) is 4.94. The first-order valence-corrected chi connectivity index (χ1v) is 6.73. The second-order valence-corrected chi connectivity index (χ2v) is 4.94. The van der Waals surface area contributed by atoms with Crippen LogP contribution in [0.1, 0.15) is 25.7 Å². The molecule has 2 fully saturated rings. The van der Waals surface area contributed by atoms with E-state index >= 15 is 0 Å². The molecule has 0 aromatic rings. The van der Waals surface area contributed by atoms with E-state index in [0.717, 1.165) is 12.8 Å². The molecule has 2 amide bonds. The highest BCUT2D eigenvalue weighted by Gasteiger charge is 2.32. The molecule has 20 heavy (non-hydrogen) atoms. The maximum atomic E-state index is 11.9. The minimum Gasteiger partial charge on any atom is -0.323 e. The van der Waals surface area contributed by atoms with Crippen molar-refractivity contribution in [1.82, 2.24) is 9.80 Å². The van der Waals surface area contributed by atoms with Gasteiger partial charge in [0.05, 0.1) is 6.07 Å². The first-order chi connectivity index (χ1) is 9.67. The van der Waals surface area contributed by atoms with E-state index in [9.17, 15) is 9.59 Å². The van der Waals surface area contributed by atoms with Gasteiger partial charge in [-0.05, 0) is 19.3 Å². The molecule has 6 nitrogen and oxygen atoms in total. The summed E-state index contributed by atoms with van der Waals surface area (Å²) in [5.41, 5.74) is 0. The minimum atomic E-state index is -0.402. The quantitative estimate of drug-likeness (QED) is 0.554. The van der Waals surface area contributed by atoms with Crippen molar-refractivity contribution >= 4 is 11.8 Å². The van der Waals surface area contributed by atoms with Crippen molar-refractivity contribution in [3.8, 4) is 6.07 Å². The number of rotatable bonds is 2. The van der Waals surface area contributed by atoms with Crippen molar-refractivity contribution in [3.63, 3.8) is 0 Å². The number of nitrogens with zero attached hydrogens (tertiary/aromatic N) is 4. The van der Waals surface area contributed by atoms with Crippen LogP contribution in [-0.4, -0.2) is 46.9 Å². The van der Waals surface area contributed by atoms with Crippen molar-refractivity contribution in [3.05, 3.63) is 23.6 Å². The van der Waals surface area contributed by atoms with Crippen LogP contribution >= 0.6 is 0 Å². The number of carbonyl (C=O) groups excluding carboxylic acids is 2. The molecule has 2 heterocycles. The summed E-state index contributed by atoms with van der Waals surface area (Å²) in [6.07, 6.45) is 5.06. The van der Waals surface area contributed by atoms with Gasteiger partial charge in [0.1, 0.15) is 6.04 Å². The van der Waals surface area contributed by atoms with E-state index in [1.54, 1.807) is 0 Å². The van der Waals surface area contributed by atoms with Crippen molar-refractivity contribution in [1.29, 1.82) is 5.26 Å². The molecule has 2 saturated heterocycles. The SMILES string of the molecule is [C-]#[N+]C1CCCN1C(=O)/C=C/C(=O)N1CCCC1C#N. The topological polar surface area (TPSA) is 68.8 Å². The molecule has 0 aromatic carbocycles. The third-order valence-corrected chi connectivity index (χ3v) is 3.71. The lowest BCUT2D eigenvalue weighted by Gasteiger charge is -2.17. The highest BCUT2D eigenvalue weighted by Crippen LogP contribution is 2.19. The molecule has 104 valence electrons. The highest BCUT2D eigenvalue weighted by molar-refractivity contribution is 5.97. The lowest BCUT2D eigenvalue weighted by atomic mass is 10.2. The molecule has 0 spiro atoms. The summed E-state index contributed by atoms with van der Waals surface area (Å²) in [4.78, 5) is 30.3. The molecule has 2 aliphatic rings. The Labute approximate surface area is 118 Å². The summed E-state index contributed by atoms with van der Waals surface area (Å²) in [6, 6.07) is 1.71. The van der Waals surface area contributed by atoms with Gasteiger partial charge in [-0.3, -0.25) is 19.3 Å². The van der Waals surface area contributed by atoms with Crippen LogP contribution in [0.2, 0.25) is 0 Å². The Morgan fingerprint density at radius 2 is 1.75 bits per heavy atom. The standard InChI is InChI=1S/C14H16N4O2/c1-16-12-5-3-9-18(12)14(20)7-6-13(19)17-8-2-4-11(17)10-15/h6-7,11-12H,2-5,8-9H2/b7-6+. The van der Waals surface area contributed by atoms with Gasteiger partial charge in [0, 0.05) is 31.7 Å². The Kier molecular flexibility index (Phi) is 4.37. The van der Waals surface area contributed by atoms with E-state index in [1.165, 1.54) is 22.0 Å². The first-order valence-electron chi connectivity index (χ1n) is 6.73. The van der Waals surface area contributed by atoms with Crippen molar-refractivity contribution in [2.24, 2.45) is 0 Å². The summed E-state index contributed by atoms with van der Waals surface area (Å²) in [7, 11) is 0. The molecule has 0 saturated carbocycles. The van der Waals surface area contributed by atoms with Crippen LogP contribution < -0.4 is 0 Å². The van der Waals surface area contributed by atoms with Gasteiger partial charge in [0.2, 0.25) is 5.91 Å². The van der Waals surface area contributed by atoms with Crippen LogP contribution in [-0.2, 0) is 9.59 Å². The number of likely N-dealkylation sites (tertiary alicyclic amines) is 2. The van der Waals surface area contributed by atoms with E-state index in [2.05, 4.69) is 10.9 Å². The third-order valence-electron chi connectivity index (χ3n) is 3.71. The van der Waals surface area contributed by atoms with Crippen LogP contribution in [0.15, 0.2) is 12.2 Å². The van der Waals surface area contributed by atoms with Crippen LogP contribution in [0.25, 0.3) is 4.85 Å². The van der Waals surface area contributed by atoms with E-state index in [4.69, 9.17) is 11.8 Å². The maximum Gasteiger partial charge on any atom is 0.300 e. The first kappa shape index (κ1) is 14.1. The van der Waals surface area contributed by atoms with Gasteiger partial charge in [-0.2, -0.15) is 5.26 Å². The summed E-state index contributed by atoms with van der Waals surface area (Å²) in [5.74, 6) is -0.606. The Bertz CT molecular complexity index is 468. The molecular formula is C14H16N4O2. The van der Waals surface area contributed by atoms with Crippen molar-refractivity contribution in [2.45, 2.75) is 37.9 Å². The number of nitriles is 1. The van der Waals surface area contributed by atoms with E-state index in [0.29, 0.717) is 25.9 Å². The Hall–Kier alpha value is -2.34. The largest absolute Gasteiger partial charge is 0.323 e. The smallest absolute Gasteiger partial charge is 0.300 e. The molecule has 0 radical (unpaired) electrons. The summed E-state index contributed by atoms with van der Waals surface area (Å²) >= 11 is 0. The lowest BCUT2D eigenvalue weighted by molar-refractivity contribution is -0.128. The molecule has 0 bridgehead atoms. The van der Waals surface area contributed by atoms with E-state index in [-0.39, 0.29) is 17.9 Å². The van der Waals surface area contributed by atoms with Crippen molar-refractivity contribution < 1.29 is 9.59 Å². The molecule has 0 aliphatic carbocycles. The van der Waals surface area contributed by atoms with Crippen LogP contribution in [0.3, 0.4) is 0 Å². The summed E-state index contributed by atoms with van der Waals surface area (Å²) in [6.45, 7) is 8.15. The molecule has 0 N–H and O–H groups in total. The monoisotopic (exact) mass is 272 g/mol. The summed E-state index contributed by atoms with van der Waals surface area (Å²) in [5, 5.41) is 8.93. The van der Waals surface area contributed by atoms with Gasteiger partial charge >= 0.3 is 6.17 Å².